The summed E-state index contributed by atoms with van der Waals surface area (Å²) in [4.78, 5) is 17.2. The number of ether oxygens (including phenoxy) is 1. The van der Waals surface area contributed by atoms with Gasteiger partial charge in [-0.05, 0) is 37.0 Å². The summed E-state index contributed by atoms with van der Waals surface area (Å²) in [5.41, 5.74) is 2.57. The number of nitrogens with one attached hydrogen (secondary N) is 1. The van der Waals surface area contributed by atoms with Crippen molar-refractivity contribution < 1.29 is 4.74 Å². The molecule has 0 unspecified atom stereocenters. The molecule has 1 aliphatic rings. The van der Waals surface area contributed by atoms with Crippen molar-refractivity contribution in [3.05, 3.63) is 51.7 Å². The zero-order chi connectivity index (χ0) is 18.1. The molecule has 6 heteroatoms. The zero-order valence-electron chi connectivity index (χ0n) is 15.3. The summed E-state index contributed by atoms with van der Waals surface area (Å²) in [6, 6.07) is 8.30. The van der Waals surface area contributed by atoms with Gasteiger partial charge in [-0.25, -0.2) is 0 Å². The first-order valence-corrected chi connectivity index (χ1v) is 9.32. The Morgan fingerprint density at radius 1 is 1.23 bits per heavy atom. The summed E-state index contributed by atoms with van der Waals surface area (Å²) in [6.45, 7) is 2.03. The third kappa shape index (κ3) is 2.89. The Bertz CT molecular complexity index is 966. The van der Waals surface area contributed by atoms with Gasteiger partial charge in [0.2, 0.25) is 0 Å². The highest BCUT2D eigenvalue weighted by atomic mass is 16.5. The Kier molecular flexibility index (Phi) is 4.49. The molecule has 2 heterocycles. The maximum atomic E-state index is 12.7. The van der Waals surface area contributed by atoms with Crippen LogP contribution in [-0.2, 0) is 12.8 Å². The van der Waals surface area contributed by atoms with Crippen LogP contribution in [0.2, 0.25) is 0 Å². The van der Waals surface area contributed by atoms with Crippen LogP contribution < -0.4 is 10.3 Å². The first-order chi connectivity index (χ1) is 12.7. The van der Waals surface area contributed by atoms with Gasteiger partial charge in [0.25, 0.3) is 5.56 Å². The molecule has 0 bridgehead atoms. The Hall–Kier alpha value is -2.63. The van der Waals surface area contributed by atoms with Gasteiger partial charge >= 0.3 is 0 Å². The van der Waals surface area contributed by atoms with E-state index < -0.39 is 0 Å². The minimum Gasteiger partial charge on any atom is -0.497 e. The molecule has 0 radical (unpaired) electrons. The average Bonchev–Trinajstić information content (AvgIpc) is 3.32. The monoisotopic (exact) mass is 352 g/mol. The molecule has 26 heavy (non-hydrogen) atoms. The van der Waals surface area contributed by atoms with Gasteiger partial charge in [-0.15, -0.1) is 0 Å². The topological polar surface area (TPSA) is 72.8 Å². The van der Waals surface area contributed by atoms with Crippen molar-refractivity contribution in [1.29, 1.82) is 0 Å². The van der Waals surface area contributed by atoms with Crippen molar-refractivity contribution in [2.24, 2.45) is 0 Å². The van der Waals surface area contributed by atoms with E-state index in [1.165, 1.54) is 12.8 Å². The fourth-order valence-corrected chi connectivity index (χ4v) is 3.97. The Balaban J connectivity index is 1.84. The second-order valence-electron chi connectivity index (χ2n) is 6.92. The van der Waals surface area contributed by atoms with E-state index in [1.807, 2.05) is 31.2 Å². The van der Waals surface area contributed by atoms with E-state index in [0.717, 1.165) is 47.7 Å². The number of aromatic amines is 1. The predicted molar refractivity (Wildman–Crippen MR) is 101 cm³/mol. The summed E-state index contributed by atoms with van der Waals surface area (Å²) in [6.07, 6.45) is 6.01. The molecule has 6 nitrogen and oxygen atoms in total. The fraction of sp³-hybridized carbons (Fsp3) is 0.450. The molecular weight excluding hydrogens is 328 g/mol. The van der Waals surface area contributed by atoms with E-state index in [-0.39, 0.29) is 5.56 Å². The number of rotatable bonds is 5. The standard InChI is InChI=1S/C20H24N4O2/c1-3-16-18-19(23-22-16)24(14-6-4-5-7-14)17(21-20(18)25)12-13-8-10-15(26-2)11-9-13/h8-11,14H,3-7,12H2,1-2H3,(H,22,23). The molecular formula is C20H24N4O2. The van der Waals surface area contributed by atoms with E-state index in [0.29, 0.717) is 17.8 Å². The lowest BCUT2D eigenvalue weighted by Gasteiger charge is -2.19. The molecule has 1 saturated carbocycles. The number of benzene rings is 1. The van der Waals surface area contributed by atoms with E-state index in [2.05, 4.69) is 19.7 Å². The molecule has 1 fully saturated rings. The average molecular weight is 352 g/mol. The second-order valence-corrected chi connectivity index (χ2v) is 6.92. The number of methoxy groups -OCH3 is 1. The predicted octanol–water partition coefficient (Wildman–Crippen LogP) is 3.40. The number of fused-ring (bicyclic) bond motifs is 1. The van der Waals surface area contributed by atoms with Crippen LogP contribution in [-0.4, -0.2) is 26.9 Å². The van der Waals surface area contributed by atoms with Gasteiger partial charge in [-0.2, -0.15) is 10.1 Å². The van der Waals surface area contributed by atoms with Gasteiger partial charge < -0.3 is 9.30 Å². The van der Waals surface area contributed by atoms with Crippen molar-refractivity contribution in [3.8, 4) is 5.75 Å². The first kappa shape index (κ1) is 16.8. The molecule has 1 N–H and O–H groups in total. The van der Waals surface area contributed by atoms with E-state index in [9.17, 15) is 4.79 Å². The van der Waals surface area contributed by atoms with Crippen LogP contribution in [0.15, 0.2) is 29.1 Å². The highest BCUT2D eigenvalue weighted by Gasteiger charge is 2.24. The molecule has 0 amide bonds. The van der Waals surface area contributed by atoms with Crippen LogP contribution in [0.1, 0.15) is 55.7 Å². The molecule has 3 aromatic rings. The molecule has 136 valence electrons. The van der Waals surface area contributed by atoms with Gasteiger partial charge in [0.05, 0.1) is 12.8 Å². The molecule has 4 rings (SSSR count). The second kappa shape index (κ2) is 6.94. The quantitative estimate of drug-likeness (QED) is 0.764. The third-order valence-electron chi connectivity index (χ3n) is 5.34. The fourth-order valence-electron chi connectivity index (χ4n) is 3.97. The minimum atomic E-state index is -0.177. The molecule has 0 spiro atoms. The maximum absolute atomic E-state index is 12.7. The van der Waals surface area contributed by atoms with Crippen LogP contribution >= 0.6 is 0 Å². The van der Waals surface area contributed by atoms with Crippen molar-refractivity contribution in [1.82, 2.24) is 19.7 Å². The molecule has 2 aromatic heterocycles. The summed E-state index contributed by atoms with van der Waals surface area (Å²) in [5, 5.41) is 8.20. The first-order valence-electron chi connectivity index (χ1n) is 9.32. The SMILES string of the molecule is CCc1[nH]nc2c1c(=O)nc(Cc1ccc(OC)cc1)n2C1CCCC1. The Morgan fingerprint density at radius 2 is 1.96 bits per heavy atom. The van der Waals surface area contributed by atoms with Gasteiger partial charge in [-0.3, -0.25) is 9.89 Å². The van der Waals surface area contributed by atoms with Crippen LogP contribution in [0, 0.1) is 0 Å². The highest BCUT2D eigenvalue weighted by Crippen LogP contribution is 2.33. The van der Waals surface area contributed by atoms with Crippen LogP contribution in [0.3, 0.4) is 0 Å². The number of aryl methyl sites for hydroxylation is 1. The smallest absolute Gasteiger partial charge is 0.284 e. The lowest BCUT2D eigenvalue weighted by atomic mass is 10.1. The van der Waals surface area contributed by atoms with Gasteiger partial charge in [0.15, 0.2) is 5.65 Å². The molecule has 0 atom stereocenters. The van der Waals surface area contributed by atoms with Crippen LogP contribution in [0.4, 0.5) is 0 Å². The summed E-state index contributed by atoms with van der Waals surface area (Å²) < 4.78 is 7.44. The van der Waals surface area contributed by atoms with E-state index >= 15 is 0 Å². The maximum Gasteiger partial charge on any atom is 0.284 e. The van der Waals surface area contributed by atoms with E-state index in [1.54, 1.807) is 7.11 Å². The number of hydrogen-bond donors (Lipinski definition) is 1. The molecule has 0 aliphatic heterocycles. The molecule has 1 aromatic carbocycles. The Morgan fingerprint density at radius 3 is 2.62 bits per heavy atom. The van der Waals surface area contributed by atoms with Crippen molar-refractivity contribution in [2.75, 3.05) is 7.11 Å². The molecule has 0 saturated heterocycles. The largest absolute Gasteiger partial charge is 0.497 e. The molecule has 1 aliphatic carbocycles. The van der Waals surface area contributed by atoms with Crippen molar-refractivity contribution in [2.45, 2.75) is 51.5 Å². The van der Waals surface area contributed by atoms with Crippen molar-refractivity contribution in [3.63, 3.8) is 0 Å². The number of nitrogens with zero attached hydrogens (tertiary/aromatic N) is 3. The minimum absolute atomic E-state index is 0.177. The highest BCUT2D eigenvalue weighted by molar-refractivity contribution is 5.77. The number of hydrogen-bond acceptors (Lipinski definition) is 4. The Labute approximate surface area is 152 Å². The van der Waals surface area contributed by atoms with E-state index in [4.69, 9.17) is 4.74 Å². The summed E-state index contributed by atoms with van der Waals surface area (Å²) in [7, 11) is 1.66. The normalized spacial score (nSPS) is 15.0. The zero-order valence-corrected chi connectivity index (χ0v) is 15.3. The van der Waals surface area contributed by atoms with Gasteiger partial charge in [0, 0.05) is 12.5 Å². The van der Waals surface area contributed by atoms with Crippen LogP contribution in [0.5, 0.6) is 5.75 Å². The van der Waals surface area contributed by atoms with Crippen molar-refractivity contribution >= 4 is 11.0 Å². The number of aromatic nitrogens is 4. The third-order valence-corrected chi connectivity index (χ3v) is 5.34. The van der Waals surface area contributed by atoms with Gasteiger partial charge in [-0.1, -0.05) is 31.9 Å². The summed E-state index contributed by atoms with van der Waals surface area (Å²) >= 11 is 0. The van der Waals surface area contributed by atoms with Gasteiger partial charge in [0.1, 0.15) is 17.0 Å². The lowest BCUT2D eigenvalue weighted by molar-refractivity contribution is 0.414. The lowest BCUT2D eigenvalue weighted by Crippen LogP contribution is -2.22. The van der Waals surface area contributed by atoms with Crippen LogP contribution in [0.25, 0.3) is 11.0 Å². The number of H-pyrrole nitrogens is 1. The summed E-state index contributed by atoms with van der Waals surface area (Å²) in [5.74, 6) is 1.62.